The average molecular weight is 315 g/mol. The van der Waals surface area contributed by atoms with E-state index < -0.39 is 11.7 Å². The van der Waals surface area contributed by atoms with Crippen LogP contribution < -0.4 is 15.8 Å². The average Bonchev–Trinajstić information content (AvgIpc) is 2.38. The molecule has 1 unspecified atom stereocenters. The number of hydrogen-bond donors (Lipinski definition) is 2. The first-order valence-corrected chi connectivity index (χ1v) is 7.15. The number of carbonyl (C=O) groups is 1. The van der Waals surface area contributed by atoms with Crippen LogP contribution in [-0.2, 0) is 4.74 Å². The summed E-state index contributed by atoms with van der Waals surface area (Å²) in [5.74, 6) is 0.505. The van der Waals surface area contributed by atoms with Crippen molar-refractivity contribution < 1.29 is 14.3 Å². The third-order valence-corrected chi connectivity index (χ3v) is 3.15. The second kappa shape index (κ2) is 7.52. The van der Waals surface area contributed by atoms with Gasteiger partial charge in [0.25, 0.3) is 0 Å². The van der Waals surface area contributed by atoms with E-state index in [1.807, 2.05) is 26.8 Å². The molecule has 21 heavy (non-hydrogen) atoms. The standard InChI is InChI=1S/C15H23ClN2O3/c1-15(2,3)21-14(19)18-9-10(8-17)13-11(16)6-5-7-12(13)20-4/h5-7,10H,8-9,17H2,1-4H3,(H,18,19). The van der Waals surface area contributed by atoms with Gasteiger partial charge in [0.1, 0.15) is 11.4 Å². The molecule has 0 radical (unpaired) electrons. The Kier molecular flexibility index (Phi) is 6.30. The van der Waals surface area contributed by atoms with Crippen molar-refractivity contribution in [2.24, 2.45) is 5.73 Å². The number of nitrogens with one attached hydrogen (secondary N) is 1. The van der Waals surface area contributed by atoms with Crippen molar-refractivity contribution in [3.8, 4) is 5.75 Å². The van der Waals surface area contributed by atoms with Crippen molar-refractivity contribution in [3.63, 3.8) is 0 Å². The number of amides is 1. The summed E-state index contributed by atoms with van der Waals surface area (Å²) in [5, 5.41) is 3.28. The molecule has 0 saturated heterocycles. The molecule has 1 amide bonds. The van der Waals surface area contributed by atoms with Gasteiger partial charge in [-0.05, 0) is 32.9 Å². The molecule has 118 valence electrons. The summed E-state index contributed by atoms with van der Waals surface area (Å²) in [6.07, 6.45) is -0.480. The number of ether oxygens (including phenoxy) is 2. The molecule has 1 aromatic carbocycles. The summed E-state index contributed by atoms with van der Waals surface area (Å²) in [5.41, 5.74) is 6.06. The normalized spacial score (nSPS) is 12.7. The summed E-state index contributed by atoms with van der Waals surface area (Å²) in [7, 11) is 1.57. The predicted octanol–water partition coefficient (Wildman–Crippen LogP) is 2.92. The van der Waals surface area contributed by atoms with E-state index in [0.717, 1.165) is 5.56 Å². The molecular weight excluding hydrogens is 292 g/mol. The SMILES string of the molecule is COc1cccc(Cl)c1C(CN)CNC(=O)OC(C)(C)C. The highest BCUT2D eigenvalue weighted by atomic mass is 35.5. The van der Waals surface area contributed by atoms with E-state index in [1.165, 1.54) is 0 Å². The van der Waals surface area contributed by atoms with Crippen molar-refractivity contribution in [3.05, 3.63) is 28.8 Å². The molecule has 0 saturated carbocycles. The van der Waals surface area contributed by atoms with E-state index in [1.54, 1.807) is 19.2 Å². The second-order valence-corrected chi connectivity index (χ2v) is 6.08. The summed E-state index contributed by atoms with van der Waals surface area (Å²) < 4.78 is 10.5. The van der Waals surface area contributed by atoms with Crippen molar-refractivity contribution in [2.45, 2.75) is 32.3 Å². The zero-order valence-corrected chi connectivity index (χ0v) is 13.7. The van der Waals surface area contributed by atoms with Crippen molar-refractivity contribution in [1.82, 2.24) is 5.32 Å². The topological polar surface area (TPSA) is 73.6 Å². The van der Waals surface area contributed by atoms with E-state index in [-0.39, 0.29) is 5.92 Å². The van der Waals surface area contributed by atoms with E-state index in [9.17, 15) is 4.79 Å². The van der Waals surface area contributed by atoms with Crippen LogP contribution in [0.1, 0.15) is 32.3 Å². The van der Waals surface area contributed by atoms with Crippen LogP contribution in [0.5, 0.6) is 5.75 Å². The summed E-state index contributed by atoms with van der Waals surface area (Å²) in [6, 6.07) is 5.40. The van der Waals surface area contributed by atoms with Crippen LogP contribution in [0.3, 0.4) is 0 Å². The highest BCUT2D eigenvalue weighted by Gasteiger charge is 2.21. The van der Waals surface area contributed by atoms with Gasteiger partial charge in [-0.15, -0.1) is 0 Å². The molecule has 0 fully saturated rings. The van der Waals surface area contributed by atoms with Gasteiger partial charge in [-0.25, -0.2) is 4.79 Å². The molecule has 0 aliphatic carbocycles. The quantitative estimate of drug-likeness (QED) is 0.876. The van der Waals surface area contributed by atoms with Gasteiger partial charge in [-0.1, -0.05) is 17.7 Å². The van der Waals surface area contributed by atoms with Crippen LogP contribution in [0.2, 0.25) is 5.02 Å². The molecule has 3 N–H and O–H groups in total. The monoisotopic (exact) mass is 314 g/mol. The lowest BCUT2D eigenvalue weighted by molar-refractivity contribution is 0.0524. The fraction of sp³-hybridized carbons (Fsp3) is 0.533. The van der Waals surface area contributed by atoms with Gasteiger partial charge < -0.3 is 20.5 Å². The lowest BCUT2D eigenvalue weighted by Gasteiger charge is -2.23. The Hall–Kier alpha value is -1.46. The second-order valence-electron chi connectivity index (χ2n) is 5.67. The molecular formula is C15H23ClN2O3. The first-order chi connectivity index (χ1) is 9.78. The van der Waals surface area contributed by atoms with E-state index in [2.05, 4.69) is 5.32 Å². The molecule has 0 aliphatic heterocycles. The summed E-state index contributed by atoms with van der Waals surface area (Å²) in [6.45, 7) is 6.08. The Bertz CT molecular complexity index is 486. The molecule has 5 nitrogen and oxygen atoms in total. The first kappa shape index (κ1) is 17.6. The highest BCUT2D eigenvalue weighted by molar-refractivity contribution is 6.31. The molecule has 0 aromatic heterocycles. The molecule has 1 atom stereocenters. The number of nitrogens with two attached hydrogens (primary N) is 1. The fourth-order valence-corrected chi connectivity index (χ4v) is 2.24. The van der Waals surface area contributed by atoms with Gasteiger partial charge in [-0.3, -0.25) is 0 Å². The third-order valence-electron chi connectivity index (χ3n) is 2.82. The molecule has 0 bridgehead atoms. The van der Waals surface area contributed by atoms with Gasteiger partial charge in [-0.2, -0.15) is 0 Å². The summed E-state index contributed by atoms with van der Waals surface area (Å²) >= 11 is 6.22. The molecule has 1 rings (SSSR count). The molecule has 1 aromatic rings. The zero-order valence-electron chi connectivity index (χ0n) is 12.9. The van der Waals surface area contributed by atoms with Gasteiger partial charge in [0.05, 0.1) is 7.11 Å². The maximum absolute atomic E-state index is 11.7. The maximum atomic E-state index is 11.7. The van der Waals surface area contributed by atoms with E-state index in [0.29, 0.717) is 23.9 Å². The van der Waals surface area contributed by atoms with E-state index in [4.69, 9.17) is 26.8 Å². The van der Waals surface area contributed by atoms with Crippen molar-refractivity contribution in [2.75, 3.05) is 20.2 Å². The number of benzene rings is 1. The number of alkyl carbamates (subject to hydrolysis) is 1. The Labute approximate surface area is 130 Å². The smallest absolute Gasteiger partial charge is 0.407 e. The minimum Gasteiger partial charge on any atom is -0.496 e. The minimum atomic E-state index is -0.537. The number of halogens is 1. The van der Waals surface area contributed by atoms with E-state index >= 15 is 0 Å². The number of rotatable bonds is 5. The lowest BCUT2D eigenvalue weighted by atomic mass is 9.98. The lowest BCUT2D eigenvalue weighted by Crippen LogP contribution is -2.36. The Morgan fingerprint density at radius 3 is 2.62 bits per heavy atom. The molecule has 0 aliphatic rings. The summed E-state index contributed by atoms with van der Waals surface area (Å²) in [4.78, 5) is 11.7. The number of hydrogen-bond acceptors (Lipinski definition) is 4. The maximum Gasteiger partial charge on any atom is 0.407 e. The number of carbonyl (C=O) groups excluding carboxylic acids is 1. The van der Waals surface area contributed by atoms with Crippen LogP contribution >= 0.6 is 11.6 Å². The fourth-order valence-electron chi connectivity index (χ4n) is 1.92. The van der Waals surface area contributed by atoms with Crippen molar-refractivity contribution >= 4 is 17.7 Å². The Morgan fingerprint density at radius 1 is 1.43 bits per heavy atom. The third kappa shape index (κ3) is 5.44. The number of methoxy groups -OCH3 is 1. The van der Waals surface area contributed by atoms with Crippen LogP contribution in [0.25, 0.3) is 0 Å². The Morgan fingerprint density at radius 2 is 2.10 bits per heavy atom. The van der Waals surface area contributed by atoms with Crippen LogP contribution in [0.15, 0.2) is 18.2 Å². The Balaban J connectivity index is 2.79. The highest BCUT2D eigenvalue weighted by Crippen LogP contribution is 2.32. The van der Waals surface area contributed by atoms with Crippen molar-refractivity contribution in [1.29, 1.82) is 0 Å². The molecule has 0 heterocycles. The predicted molar refractivity (Wildman–Crippen MR) is 84.0 cm³/mol. The van der Waals surface area contributed by atoms with Gasteiger partial charge in [0.15, 0.2) is 0 Å². The first-order valence-electron chi connectivity index (χ1n) is 6.77. The largest absolute Gasteiger partial charge is 0.496 e. The van der Waals surface area contributed by atoms with Crippen LogP contribution in [0, 0.1) is 0 Å². The van der Waals surface area contributed by atoms with Gasteiger partial charge in [0, 0.05) is 29.6 Å². The van der Waals surface area contributed by atoms with Crippen LogP contribution in [0.4, 0.5) is 4.79 Å². The molecule has 6 heteroatoms. The molecule has 0 spiro atoms. The van der Waals surface area contributed by atoms with Gasteiger partial charge in [0.2, 0.25) is 0 Å². The van der Waals surface area contributed by atoms with Crippen LogP contribution in [-0.4, -0.2) is 31.9 Å². The van der Waals surface area contributed by atoms with Gasteiger partial charge >= 0.3 is 6.09 Å². The zero-order chi connectivity index (χ0) is 16.0. The minimum absolute atomic E-state index is 0.152.